The summed E-state index contributed by atoms with van der Waals surface area (Å²) in [5.74, 6) is 0. The molecule has 0 bridgehead atoms. The summed E-state index contributed by atoms with van der Waals surface area (Å²) in [4.78, 5) is 6.49. The number of hydrogen-bond donors (Lipinski definition) is 2. The standard InChI is InChI=1S/C6H5N3O/c7-6-9-3-4-1-2-8-5(4)10-6/h1-3,7-8H. The van der Waals surface area contributed by atoms with Crippen LogP contribution in [-0.2, 0) is 0 Å². The highest BCUT2D eigenvalue weighted by molar-refractivity contribution is 5.71. The number of nitrogens with zero attached hydrogens (tertiary/aromatic N) is 1. The number of nitrogens with one attached hydrogen (secondary N) is 2. The van der Waals surface area contributed by atoms with Crippen LogP contribution in [0, 0.1) is 5.41 Å². The fraction of sp³-hybridized carbons (Fsp3) is 0. The van der Waals surface area contributed by atoms with Crippen LogP contribution in [0.1, 0.15) is 0 Å². The third-order valence-electron chi connectivity index (χ3n) is 1.26. The fourth-order valence-corrected chi connectivity index (χ4v) is 0.807. The predicted octanol–water partition coefficient (Wildman–Crippen LogP) is 0.635. The maximum Gasteiger partial charge on any atom is 0.315 e. The quantitative estimate of drug-likeness (QED) is 0.556. The first-order chi connectivity index (χ1) is 4.86. The predicted molar refractivity (Wildman–Crippen MR) is 34.2 cm³/mol. The summed E-state index contributed by atoms with van der Waals surface area (Å²) in [5.41, 5.74) is 0.523. The molecule has 2 aromatic rings. The van der Waals surface area contributed by atoms with Gasteiger partial charge in [0.15, 0.2) is 0 Å². The van der Waals surface area contributed by atoms with E-state index in [1.807, 2.05) is 6.07 Å². The second-order valence-corrected chi connectivity index (χ2v) is 1.93. The third-order valence-corrected chi connectivity index (χ3v) is 1.26. The zero-order chi connectivity index (χ0) is 6.97. The average Bonchev–Trinajstić information content (AvgIpc) is 2.33. The molecule has 0 radical (unpaired) electrons. The normalized spacial score (nSPS) is 10.4. The fourth-order valence-electron chi connectivity index (χ4n) is 0.807. The van der Waals surface area contributed by atoms with E-state index in [0.29, 0.717) is 5.71 Å². The van der Waals surface area contributed by atoms with Crippen molar-refractivity contribution in [1.29, 1.82) is 5.41 Å². The zero-order valence-electron chi connectivity index (χ0n) is 5.09. The SMILES string of the molecule is N=c1ncc2cc[nH]c2o1. The molecule has 0 amide bonds. The number of aromatic nitrogens is 2. The van der Waals surface area contributed by atoms with Crippen molar-refractivity contribution in [3.05, 3.63) is 24.1 Å². The second-order valence-electron chi connectivity index (χ2n) is 1.93. The summed E-state index contributed by atoms with van der Waals surface area (Å²) in [6, 6.07) is 1.84. The molecule has 2 heterocycles. The van der Waals surface area contributed by atoms with Gasteiger partial charge in [-0.2, -0.15) is 0 Å². The lowest BCUT2D eigenvalue weighted by Gasteiger charge is -1.84. The van der Waals surface area contributed by atoms with Gasteiger partial charge in [0.25, 0.3) is 0 Å². The molecular weight excluding hydrogens is 130 g/mol. The zero-order valence-corrected chi connectivity index (χ0v) is 5.09. The summed E-state index contributed by atoms with van der Waals surface area (Å²) in [5, 5.41) is 7.90. The van der Waals surface area contributed by atoms with Crippen molar-refractivity contribution in [3.8, 4) is 0 Å². The first-order valence-electron chi connectivity index (χ1n) is 2.84. The van der Waals surface area contributed by atoms with E-state index >= 15 is 0 Å². The Morgan fingerprint density at radius 1 is 1.60 bits per heavy atom. The highest BCUT2D eigenvalue weighted by Crippen LogP contribution is 2.05. The van der Waals surface area contributed by atoms with Gasteiger partial charge in [-0.25, -0.2) is 10.4 Å². The van der Waals surface area contributed by atoms with Gasteiger partial charge in [-0.3, -0.25) is 0 Å². The van der Waals surface area contributed by atoms with Gasteiger partial charge in [0, 0.05) is 12.4 Å². The molecular formula is C6H5N3O. The Kier molecular flexibility index (Phi) is 0.887. The number of H-pyrrole nitrogens is 1. The molecule has 2 aromatic heterocycles. The topological polar surface area (TPSA) is 65.7 Å². The van der Waals surface area contributed by atoms with E-state index in [4.69, 9.17) is 9.83 Å². The van der Waals surface area contributed by atoms with E-state index in [9.17, 15) is 0 Å². The van der Waals surface area contributed by atoms with Gasteiger partial charge in [-0.15, -0.1) is 0 Å². The van der Waals surface area contributed by atoms with E-state index in [0.717, 1.165) is 5.39 Å². The van der Waals surface area contributed by atoms with Crippen LogP contribution in [-0.4, -0.2) is 9.97 Å². The highest BCUT2D eigenvalue weighted by atomic mass is 16.3. The van der Waals surface area contributed by atoms with Gasteiger partial charge >= 0.3 is 5.68 Å². The van der Waals surface area contributed by atoms with Crippen molar-refractivity contribution in [3.63, 3.8) is 0 Å². The van der Waals surface area contributed by atoms with E-state index in [2.05, 4.69) is 9.97 Å². The Morgan fingerprint density at radius 3 is 3.40 bits per heavy atom. The molecule has 4 heteroatoms. The minimum absolute atomic E-state index is 0.0741. The van der Waals surface area contributed by atoms with Gasteiger partial charge in [0.2, 0.25) is 5.71 Å². The molecule has 0 spiro atoms. The molecule has 4 nitrogen and oxygen atoms in total. The Bertz CT molecular complexity index is 400. The van der Waals surface area contributed by atoms with Gasteiger partial charge in [0.1, 0.15) is 0 Å². The van der Waals surface area contributed by atoms with Crippen LogP contribution < -0.4 is 5.68 Å². The lowest BCUT2D eigenvalue weighted by atomic mass is 10.4. The first-order valence-corrected chi connectivity index (χ1v) is 2.84. The van der Waals surface area contributed by atoms with Crippen molar-refractivity contribution in [2.45, 2.75) is 0 Å². The van der Waals surface area contributed by atoms with Crippen LogP contribution >= 0.6 is 0 Å². The van der Waals surface area contributed by atoms with Gasteiger partial charge in [0.05, 0.1) is 5.39 Å². The van der Waals surface area contributed by atoms with Crippen LogP contribution in [0.4, 0.5) is 0 Å². The molecule has 0 fully saturated rings. The number of fused-ring (bicyclic) bond motifs is 1. The Hall–Kier alpha value is -1.58. The molecule has 0 aromatic carbocycles. The second kappa shape index (κ2) is 1.70. The smallest absolute Gasteiger partial charge is 0.315 e. The van der Waals surface area contributed by atoms with Crippen LogP contribution in [0.15, 0.2) is 22.9 Å². The van der Waals surface area contributed by atoms with Crippen LogP contribution in [0.5, 0.6) is 0 Å². The van der Waals surface area contributed by atoms with Crippen molar-refractivity contribution in [2.24, 2.45) is 0 Å². The summed E-state index contributed by atoms with van der Waals surface area (Å²) in [6.07, 6.45) is 3.34. The molecule has 0 aliphatic rings. The van der Waals surface area contributed by atoms with E-state index in [-0.39, 0.29) is 5.68 Å². The number of hydrogen-bond acceptors (Lipinski definition) is 3. The minimum atomic E-state index is -0.0741. The number of aromatic amines is 1. The summed E-state index contributed by atoms with van der Waals surface area (Å²) in [6.45, 7) is 0. The molecule has 0 saturated carbocycles. The molecule has 0 aliphatic carbocycles. The van der Waals surface area contributed by atoms with E-state index in [1.54, 1.807) is 12.4 Å². The maximum atomic E-state index is 7.02. The van der Waals surface area contributed by atoms with Crippen molar-refractivity contribution < 1.29 is 4.42 Å². The Morgan fingerprint density at radius 2 is 2.50 bits per heavy atom. The molecule has 0 aliphatic heterocycles. The minimum Gasteiger partial charge on any atom is -0.407 e. The van der Waals surface area contributed by atoms with Crippen molar-refractivity contribution in [2.75, 3.05) is 0 Å². The molecule has 50 valence electrons. The van der Waals surface area contributed by atoms with Crippen molar-refractivity contribution >= 4 is 11.1 Å². The monoisotopic (exact) mass is 135 g/mol. The first kappa shape index (κ1) is 5.22. The molecule has 2 N–H and O–H groups in total. The molecule has 0 unspecified atom stereocenters. The van der Waals surface area contributed by atoms with E-state index < -0.39 is 0 Å². The maximum absolute atomic E-state index is 7.02. The highest BCUT2D eigenvalue weighted by Gasteiger charge is 1.93. The largest absolute Gasteiger partial charge is 0.407 e. The molecule has 10 heavy (non-hydrogen) atoms. The van der Waals surface area contributed by atoms with Crippen molar-refractivity contribution in [1.82, 2.24) is 9.97 Å². The lowest BCUT2D eigenvalue weighted by Crippen LogP contribution is -2.01. The van der Waals surface area contributed by atoms with E-state index in [1.165, 1.54) is 0 Å². The summed E-state index contributed by atoms with van der Waals surface area (Å²) < 4.78 is 4.90. The molecule has 2 rings (SSSR count). The molecule has 0 atom stereocenters. The number of rotatable bonds is 0. The molecule has 0 saturated heterocycles. The van der Waals surface area contributed by atoms with Gasteiger partial charge < -0.3 is 9.40 Å². The lowest BCUT2D eigenvalue weighted by molar-refractivity contribution is 0.494. The summed E-state index contributed by atoms with van der Waals surface area (Å²) >= 11 is 0. The Balaban J connectivity index is 2.99. The van der Waals surface area contributed by atoms with Gasteiger partial charge in [-0.05, 0) is 6.07 Å². The van der Waals surface area contributed by atoms with Crippen LogP contribution in [0.3, 0.4) is 0 Å². The summed E-state index contributed by atoms with van der Waals surface area (Å²) in [7, 11) is 0. The Labute approximate surface area is 56.0 Å². The van der Waals surface area contributed by atoms with Crippen LogP contribution in [0.25, 0.3) is 11.1 Å². The van der Waals surface area contributed by atoms with Crippen LogP contribution in [0.2, 0.25) is 0 Å². The third kappa shape index (κ3) is 0.621. The van der Waals surface area contributed by atoms with Gasteiger partial charge in [-0.1, -0.05) is 0 Å². The average molecular weight is 135 g/mol.